The molecule has 8 heteroatoms. The predicted molar refractivity (Wildman–Crippen MR) is 97.4 cm³/mol. The highest BCUT2D eigenvalue weighted by molar-refractivity contribution is 6.03. The minimum Gasteiger partial charge on any atom is -0.452 e. The maximum atomic E-state index is 12.7. The molecule has 0 aliphatic heterocycles. The van der Waals surface area contributed by atoms with E-state index in [0.717, 1.165) is 24.1 Å². The Morgan fingerprint density at radius 1 is 1.14 bits per heavy atom. The van der Waals surface area contributed by atoms with Gasteiger partial charge in [-0.15, -0.1) is 0 Å². The summed E-state index contributed by atoms with van der Waals surface area (Å²) in [4.78, 5) is 21.5. The van der Waals surface area contributed by atoms with Crippen molar-refractivity contribution in [3.63, 3.8) is 0 Å². The van der Waals surface area contributed by atoms with Crippen LogP contribution in [0.1, 0.15) is 46.4 Å². The maximum Gasteiger partial charge on any atom is 0.339 e. The standard InChI is InChI=1S/C20H16N4O4/c1-11-17-14(9-15(12-7-8-12)21-19(17)28-23-11)20(25)26-10-16-22-18(24-27-16)13-5-3-2-4-6-13/h2-6,9,12H,7-8,10H2,1H3. The highest BCUT2D eigenvalue weighted by Gasteiger charge is 2.29. The van der Waals surface area contributed by atoms with Gasteiger partial charge in [0.2, 0.25) is 5.82 Å². The molecule has 5 rings (SSSR count). The lowest BCUT2D eigenvalue weighted by Gasteiger charge is -2.05. The molecule has 0 saturated heterocycles. The number of fused-ring (bicyclic) bond motifs is 1. The second-order valence-corrected chi connectivity index (χ2v) is 6.77. The van der Waals surface area contributed by atoms with Gasteiger partial charge in [-0.3, -0.25) is 0 Å². The van der Waals surface area contributed by atoms with Crippen molar-refractivity contribution in [2.45, 2.75) is 32.3 Å². The number of hydrogen-bond acceptors (Lipinski definition) is 8. The normalized spacial score (nSPS) is 13.8. The van der Waals surface area contributed by atoms with Gasteiger partial charge in [0.1, 0.15) is 0 Å². The Balaban J connectivity index is 1.37. The third-order valence-electron chi connectivity index (χ3n) is 4.68. The van der Waals surface area contributed by atoms with E-state index in [9.17, 15) is 4.79 Å². The summed E-state index contributed by atoms with van der Waals surface area (Å²) in [6, 6.07) is 11.2. The van der Waals surface area contributed by atoms with Gasteiger partial charge in [0.05, 0.1) is 16.6 Å². The lowest BCUT2D eigenvalue weighted by atomic mass is 10.1. The highest BCUT2D eigenvalue weighted by Crippen LogP contribution is 2.40. The Morgan fingerprint density at radius 2 is 1.96 bits per heavy atom. The lowest BCUT2D eigenvalue weighted by molar-refractivity contribution is 0.0432. The molecule has 0 spiro atoms. The van der Waals surface area contributed by atoms with Gasteiger partial charge in [-0.25, -0.2) is 9.78 Å². The van der Waals surface area contributed by atoms with Gasteiger partial charge < -0.3 is 13.8 Å². The number of esters is 1. The van der Waals surface area contributed by atoms with Crippen LogP contribution in [-0.2, 0) is 11.3 Å². The van der Waals surface area contributed by atoms with E-state index in [1.807, 2.05) is 30.3 Å². The second-order valence-electron chi connectivity index (χ2n) is 6.77. The van der Waals surface area contributed by atoms with E-state index < -0.39 is 5.97 Å². The summed E-state index contributed by atoms with van der Waals surface area (Å²) in [6.07, 6.45) is 2.12. The van der Waals surface area contributed by atoms with E-state index >= 15 is 0 Å². The number of carbonyl (C=O) groups excluding carboxylic acids is 1. The Labute approximate surface area is 159 Å². The molecular formula is C20H16N4O4. The Kier molecular flexibility index (Phi) is 3.89. The number of ether oxygens (including phenoxy) is 1. The van der Waals surface area contributed by atoms with Gasteiger partial charge in [-0.05, 0) is 25.8 Å². The van der Waals surface area contributed by atoms with Gasteiger partial charge in [-0.1, -0.05) is 40.6 Å². The third kappa shape index (κ3) is 3.02. The highest BCUT2D eigenvalue weighted by atomic mass is 16.6. The molecule has 1 fully saturated rings. The molecule has 0 radical (unpaired) electrons. The number of pyridine rings is 1. The number of hydrogen-bond donors (Lipinski definition) is 0. The topological polar surface area (TPSA) is 104 Å². The fraction of sp³-hybridized carbons (Fsp3) is 0.250. The minimum atomic E-state index is -0.500. The first-order valence-electron chi connectivity index (χ1n) is 9.01. The Bertz CT molecular complexity index is 1160. The number of aromatic nitrogens is 4. The van der Waals surface area contributed by atoms with Crippen molar-refractivity contribution in [3.05, 3.63) is 59.2 Å². The molecule has 0 atom stereocenters. The zero-order chi connectivity index (χ0) is 19.1. The SMILES string of the molecule is Cc1noc2nc(C3CC3)cc(C(=O)OCc3nc(-c4ccccc4)no3)c12. The zero-order valence-corrected chi connectivity index (χ0v) is 15.1. The molecular weight excluding hydrogens is 360 g/mol. The summed E-state index contributed by atoms with van der Waals surface area (Å²) in [5.41, 5.74) is 3.01. The first-order valence-corrected chi connectivity index (χ1v) is 9.01. The van der Waals surface area contributed by atoms with E-state index in [1.165, 1.54) is 0 Å². The van der Waals surface area contributed by atoms with Crippen LogP contribution in [0.2, 0.25) is 0 Å². The van der Waals surface area contributed by atoms with Crippen molar-refractivity contribution in [3.8, 4) is 11.4 Å². The molecule has 1 aromatic carbocycles. The largest absolute Gasteiger partial charge is 0.452 e. The molecule has 4 aromatic rings. The predicted octanol–water partition coefficient (Wildman–Crippen LogP) is 3.82. The van der Waals surface area contributed by atoms with Crippen molar-refractivity contribution in [1.29, 1.82) is 0 Å². The van der Waals surface area contributed by atoms with Gasteiger partial charge in [0, 0.05) is 17.2 Å². The van der Waals surface area contributed by atoms with Gasteiger partial charge in [-0.2, -0.15) is 4.98 Å². The summed E-state index contributed by atoms with van der Waals surface area (Å²) in [7, 11) is 0. The molecule has 0 bridgehead atoms. The van der Waals surface area contributed by atoms with E-state index in [2.05, 4.69) is 20.3 Å². The number of nitrogens with zero attached hydrogens (tertiary/aromatic N) is 4. The van der Waals surface area contributed by atoms with Crippen molar-refractivity contribution < 1.29 is 18.6 Å². The Hall–Kier alpha value is -3.55. The summed E-state index contributed by atoms with van der Waals surface area (Å²) in [6.45, 7) is 1.65. The van der Waals surface area contributed by atoms with Crippen molar-refractivity contribution >= 4 is 17.1 Å². The van der Waals surface area contributed by atoms with Crippen LogP contribution < -0.4 is 0 Å². The van der Waals surface area contributed by atoms with Crippen LogP contribution in [0.4, 0.5) is 0 Å². The van der Waals surface area contributed by atoms with E-state index in [4.69, 9.17) is 13.8 Å². The average molecular weight is 376 g/mol. The van der Waals surface area contributed by atoms with Crippen LogP contribution in [0.3, 0.4) is 0 Å². The number of carbonyl (C=O) groups is 1. The fourth-order valence-electron chi connectivity index (χ4n) is 3.09. The number of rotatable bonds is 5. The lowest BCUT2D eigenvalue weighted by Crippen LogP contribution is -2.08. The van der Waals surface area contributed by atoms with Crippen LogP contribution in [0.25, 0.3) is 22.5 Å². The summed E-state index contributed by atoms with van der Waals surface area (Å²) >= 11 is 0. The number of benzene rings is 1. The Morgan fingerprint density at radius 3 is 2.75 bits per heavy atom. The van der Waals surface area contributed by atoms with Crippen LogP contribution >= 0.6 is 0 Å². The molecule has 0 amide bonds. The fourth-order valence-corrected chi connectivity index (χ4v) is 3.09. The van der Waals surface area contributed by atoms with Crippen molar-refractivity contribution in [2.75, 3.05) is 0 Å². The van der Waals surface area contributed by atoms with Crippen LogP contribution in [0.5, 0.6) is 0 Å². The summed E-state index contributed by atoms with van der Waals surface area (Å²) in [5, 5.41) is 8.43. The zero-order valence-electron chi connectivity index (χ0n) is 15.1. The van der Waals surface area contributed by atoms with Gasteiger partial charge in [0.15, 0.2) is 6.61 Å². The quantitative estimate of drug-likeness (QED) is 0.484. The molecule has 3 heterocycles. The smallest absolute Gasteiger partial charge is 0.339 e. The monoisotopic (exact) mass is 376 g/mol. The maximum absolute atomic E-state index is 12.7. The van der Waals surface area contributed by atoms with Crippen molar-refractivity contribution in [2.24, 2.45) is 0 Å². The first kappa shape index (κ1) is 16.6. The molecule has 1 aliphatic carbocycles. The van der Waals surface area contributed by atoms with Crippen LogP contribution in [0, 0.1) is 6.92 Å². The second kappa shape index (κ2) is 6.56. The van der Waals surface area contributed by atoms with Gasteiger partial charge >= 0.3 is 5.97 Å². The molecule has 1 aliphatic rings. The van der Waals surface area contributed by atoms with E-state index in [1.54, 1.807) is 13.0 Å². The first-order chi connectivity index (χ1) is 13.7. The molecule has 3 aromatic heterocycles. The van der Waals surface area contributed by atoms with Crippen molar-refractivity contribution in [1.82, 2.24) is 20.3 Å². The average Bonchev–Trinajstić information content (AvgIpc) is 3.36. The van der Waals surface area contributed by atoms with E-state index in [-0.39, 0.29) is 12.5 Å². The van der Waals surface area contributed by atoms with Crippen LogP contribution in [0.15, 0.2) is 45.4 Å². The third-order valence-corrected chi connectivity index (χ3v) is 4.68. The molecule has 0 N–H and O–H groups in total. The van der Waals surface area contributed by atoms with E-state index in [0.29, 0.717) is 34.1 Å². The van der Waals surface area contributed by atoms with Crippen LogP contribution in [-0.4, -0.2) is 26.3 Å². The number of aryl methyl sites for hydroxylation is 1. The summed E-state index contributed by atoms with van der Waals surface area (Å²) < 4.78 is 15.9. The molecule has 8 nitrogen and oxygen atoms in total. The van der Waals surface area contributed by atoms with Gasteiger partial charge in [0.25, 0.3) is 11.6 Å². The molecule has 28 heavy (non-hydrogen) atoms. The summed E-state index contributed by atoms with van der Waals surface area (Å²) in [5.74, 6) is 0.539. The molecule has 140 valence electrons. The molecule has 1 saturated carbocycles. The minimum absolute atomic E-state index is 0.119. The molecule has 0 unspecified atom stereocenters.